The van der Waals surface area contributed by atoms with Crippen LogP contribution in [0.5, 0.6) is 0 Å². The quantitative estimate of drug-likeness (QED) is 0.390. The summed E-state index contributed by atoms with van der Waals surface area (Å²) >= 11 is 0. The predicted octanol–water partition coefficient (Wildman–Crippen LogP) is 3.61. The number of benzene rings is 3. The number of fused-ring (bicyclic) bond motifs is 1. The lowest BCUT2D eigenvalue weighted by Crippen LogP contribution is -2.21. The third-order valence-electron chi connectivity index (χ3n) is 4.26. The molecule has 0 aliphatic heterocycles. The molecule has 0 saturated carbocycles. The van der Waals surface area contributed by atoms with Crippen molar-refractivity contribution >= 4 is 39.7 Å². The molecule has 29 heavy (non-hydrogen) atoms. The van der Waals surface area contributed by atoms with Crippen molar-refractivity contribution in [3.63, 3.8) is 0 Å². The second-order valence-corrected chi connectivity index (χ2v) is 6.54. The molecule has 0 unspecified atom stereocenters. The Kier molecular flexibility index (Phi) is 5.73. The van der Waals surface area contributed by atoms with Crippen LogP contribution in [0, 0.1) is 10.1 Å². The number of hydrogen-bond donors (Lipinski definition) is 1. The Bertz CT molecular complexity index is 1090. The molecule has 0 aliphatic rings. The van der Waals surface area contributed by atoms with Crippen molar-refractivity contribution in [2.75, 3.05) is 30.9 Å². The van der Waals surface area contributed by atoms with E-state index in [0.717, 1.165) is 16.8 Å². The minimum atomic E-state index is -0.813. The number of nitrogens with zero attached hydrogens (tertiary/aromatic N) is 2. The highest BCUT2D eigenvalue weighted by molar-refractivity contribution is 5.97. The summed E-state index contributed by atoms with van der Waals surface area (Å²) in [5.41, 5.74) is 0.724. The number of nitro groups is 1. The van der Waals surface area contributed by atoms with Gasteiger partial charge in [0.15, 0.2) is 6.61 Å². The monoisotopic (exact) mass is 393 g/mol. The number of nitro benzene ring substituents is 1. The molecule has 8 heteroatoms. The standard InChI is InChI=1S/C21H19N3O5/c1-23(2)18-10-8-16(12-19(18)24(27)28)21(26)29-13-20(25)22-17-9-7-14-5-3-4-6-15(14)11-17/h3-12H,13H2,1-2H3,(H,22,25). The SMILES string of the molecule is CN(C)c1ccc(C(=O)OCC(=O)Nc2ccc3ccccc3c2)cc1[N+](=O)[O-]. The molecule has 3 aromatic rings. The Morgan fingerprint density at radius 1 is 1.03 bits per heavy atom. The number of rotatable bonds is 6. The van der Waals surface area contributed by atoms with Gasteiger partial charge in [-0.25, -0.2) is 4.79 Å². The Hall–Kier alpha value is -3.94. The molecule has 0 radical (unpaired) electrons. The molecular formula is C21H19N3O5. The van der Waals surface area contributed by atoms with E-state index in [1.807, 2.05) is 36.4 Å². The first kappa shape index (κ1) is 19.8. The number of carbonyl (C=O) groups is 2. The molecule has 0 atom stereocenters. The van der Waals surface area contributed by atoms with Crippen LogP contribution >= 0.6 is 0 Å². The van der Waals surface area contributed by atoms with Crippen LogP contribution in [0.2, 0.25) is 0 Å². The highest BCUT2D eigenvalue weighted by atomic mass is 16.6. The van der Waals surface area contributed by atoms with E-state index < -0.39 is 23.4 Å². The van der Waals surface area contributed by atoms with Gasteiger partial charge in [-0.2, -0.15) is 0 Å². The smallest absolute Gasteiger partial charge is 0.338 e. The van der Waals surface area contributed by atoms with Crippen molar-refractivity contribution in [3.8, 4) is 0 Å². The summed E-state index contributed by atoms with van der Waals surface area (Å²) < 4.78 is 5.00. The van der Waals surface area contributed by atoms with Crippen molar-refractivity contribution in [2.45, 2.75) is 0 Å². The van der Waals surface area contributed by atoms with Gasteiger partial charge in [0, 0.05) is 25.8 Å². The normalized spacial score (nSPS) is 10.4. The predicted molar refractivity (Wildman–Crippen MR) is 110 cm³/mol. The number of carbonyl (C=O) groups excluding carboxylic acids is 2. The lowest BCUT2D eigenvalue weighted by atomic mass is 10.1. The average Bonchev–Trinajstić information content (AvgIpc) is 2.71. The number of nitrogens with one attached hydrogen (secondary N) is 1. The van der Waals surface area contributed by atoms with Gasteiger partial charge in [0.2, 0.25) is 0 Å². The van der Waals surface area contributed by atoms with E-state index in [4.69, 9.17) is 4.74 Å². The lowest BCUT2D eigenvalue weighted by Gasteiger charge is -2.13. The third-order valence-corrected chi connectivity index (χ3v) is 4.26. The molecule has 0 spiro atoms. The zero-order chi connectivity index (χ0) is 21.0. The van der Waals surface area contributed by atoms with E-state index >= 15 is 0 Å². The Morgan fingerprint density at radius 3 is 2.45 bits per heavy atom. The summed E-state index contributed by atoms with van der Waals surface area (Å²) in [6.07, 6.45) is 0. The molecule has 0 fully saturated rings. The summed E-state index contributed by atoms with van der Waals surface area (Å²) in [7, 11) is 3.33. The number of anilines is 2. The summed E-state index contributed by atoms with van der Waals surface area (Å²) in [6, 6.07) is 17.2. The van der Waals surface area contributed by atoms with Gasteiger partial charge in [0.1, 0.15) is 5.69 Å². The largest absolute Gasteiger partial charge is 0.452 e. The molecule has 0 aliphatic carbocycles. The van der Waals surface area contributed by atoms with Crippen LogP contribution in [0.4, 0.5) is 17.1 Å². The molecule has 0 aromatic heterocycles. The van der Waals surface area contributed by atoms with Gasteiger partial charge in [0.05, 0.1) is 10.5 Å². The van der Waals surface area contributed by atoms with Crippen LogP contribution in [0.15, 0.2) is 60.7 Å². The second-order valence-electron chi connectivity index (χ2n) is 6.54. The van der Waals surface area contributed by atoms with Crippen LogP contribution in [-0.4, -0.2) is 37.5 Å². The molecule has 3 aromatic carbocycles. The van der Waals surface area contributed by atoms with Gasteiger partial charge in [-0.05, 0) is 35.0 Å². The van der Waals surface area contributed by atoms with Gasteiger partial charge in [-0.1, -0.05) is 30.3 Å². The molecule has 0 bridgehead atoms. The van der Waals surface area contributed by atoms with Gasteiger partial charge in [-0.15, -0.1) is 0 Å². The Morgan fingerprint density at radius 2 is 1.76 bits per heavy atom. The number of hydrogen-bond acceptors (Lipinski definition) is 6. The number of ether oxygens (including phenoxy) is 1. The fourth-order valence-corrected chi connectivity index (χ4v) is 2.85. The van der Waals surface area contributed by atoms with E-state index in [9.17, 15) is 19.7 Å². The van der Waals surface area contributed by atoms with Crippen molar-refractivity contribution in [2.24, 2.45) is 0 Å². The topological polar surface area (TPSA) is 102 Å². The number of amides is 1. The maximum atomic E-state index is 12.2. The van der Waals surface area contributed by atoms with E-state index in [1.54, 1.807) is 25.1 Å². The van der Waals surface area contributed by atoms with Crippen molar-refractivity contribution in [1.82, 2.24) is 0 Å². The third kappa shape index (κ3) is 4.67. The minimum Gasteiger partial charge on any atom is -0.452 e. The lowest BCUT2D eigenvalue weighted by molar-refractivity contribution is -0.384. The van der Waals surface area contributed by atoms with Crippen molar-refractivity contribution in [1.29, 1.82) is 0 Å². The highest BCUT2D eigenvalue weighted by Gasteiger charge is 2.20. The van der Waals surface area contributed by atoms with Gasteiger partial charge >= 0.3 is 5.97 Å². The summed E-state index contributed by atoms with van der Waals surface area (Å²) in [6.45, 7) is -0.505. The maximum Gasteiger partial charge on any atom is 0.338 e. The van der Waals surface area contributed by atoms with E-state index in [2.05, 4.69) is 5.32 Å². The van der Waals surface area contributed by atoms with Crippen LogP contribution in [0.1, 0.15) is 10.4 Å². The van der Waals surface area contributed by atoms with Gasteiger partial charge in [-0.3, -0.25) is 14.9 Å². The molecule has 0 heterocycles. The van der Waals surface area contributed by atoms with Crippen LogP contribution in [-0.2, 0) is 9.53 Å². The van der Waals surface area contributed by atoms with Crippen LogP contribution < -0.4 is 10.2 Å². The minimum absolute atomic E-state index is 0.000746. The molecule has 1 N–H and O–H groups in total. The average molecular weight is 393 g/mol. The molecule has 148 valence electrons. The molecular weight excluding hydrogens is 374 g/mol. The fourth-order valence-electron chi connectivity index (χ4n) is 2.85. The second kappa shape index (κ2) is 8.39. The van der Waals surface area contributed by atoms with Gasteiger partial charge in [0.25, 0.3) is 11.6 Å². The highest BCUT2D eigenvalue weighted by Crippen LogP contribution is 2.28. The first-order chi connectivity index (χ1) is 13.8. The first-order valence-electron chi connectivity index (χ1n) is 8.76. The number of esters is 1. The van der Waals surface area contributed by atoms with Crippen molar-refractivity contribution in [3.05, 3.63) is 76.3 Å². The Balaban J connectivity index is 1.64. The Labute approximate surface area is 166 Å². The van der Waals surface area contributed by atoms with Crippen LogP contribution in [0.25, 0.3) is 10.8 Å². The summed E-state index contributed by atoms with van der Waals surface area (Å²) in [5, 5.41) is 15.9. The molecule has 3 rings (SSSR count). The zero-order valence-corrected chi connectivity index (χ0v) is 15.9. The molecule has 8 nitrogen and oxygen atoms in total. The molecule has 1 amide bonds. The van der Waals surface area contributed by atoms with Crippen LogP contribution in [0.3, 0.4) is 0 Å². The van der Waals surface area contributed by atoms with E-state index in [1.165, 1.54) is 12.1 Å². The summed E-state index contributed by atoms with van der Waals surface area (Å²) in [4.78, 5) is 36.5. The first-order valence-corrected chi connectivity index (χ1v) is 8.76. The fraction of sp³-hybridized carbons (Fsp3) is 0.143. The van der Waals surface area contributed by atoms with Crippen molar-refractivity contribution < 1.29 is 19.2 Å². The van der Waals surface area contributed by atoms with Gasteiger partial charge < -0.3 is 15.0 Å². The zero-order valence-electron chi connectivity index (χ0n) is 15.9. The van der Waals surface area contributed by atoms with E-state index in [-0.39, 0.29) is 11.3 Å². The van der Waals surface area contributed by atoms with E-state index in [0.29, 0.717) is 11.4 Å². The maximum absolute atomic E-state index is 12.2. The molecule has 0 saturated heterocycles. The summed E-state index contributed by atoms with van der Waals surface area (Å²) in [5.74, 6) is -1.32.